The van der Waals surface area contributed by atoms with Gasteiger partial charge in [-0.25, -0.2) is 0 Å². The quantitative estimate of drug-likeness (QED) is 0.902. The second-order valence-corrected chi connectivity index (χ2v) is 5.65. The lowest BCUT2D eigenvalue weighted by Gasteiger charge is -2.15. The van der Waals surface area contributed by atoms with Crippen molar-refractivity contribution in [1.29, 1.82) is 0 Å². The lowest BCUT2D eigenvalue weighted by molar-refractivity contribution is 0.204. The summed E-state index contributed by atoms with van der Waals surface area (Å²) in [5, 5.41) is 14.9. The number of aromatic nitrogens is 2. The van der Waals surface area contributed by atoms with E-state index >= 15 is 0 Å². The van der Waals surface area contributed by atoms with E-state index in [1.807, 2.05) is 14.1 Å². The topological polar surface area (TPSA) is 54.4 Å². The summed E-state index contributed by atoms with van der Waals surface area (Å²) in [6.07, 6.45) is 2.25. The zero-order valence-electron chi connectivity index (χ0n) is 10.7. The van der Waals surface area contributed by atoms with E-state index in [-0.39, 0.29) is 5.22 Å². The van der Waals surface area contributed by atoms with Crippen molar-refractivity contribution in [3.05, 3.63) is 39.5 Å². The van der Waals surface area contributed by atoms with Gasteiger partial charge in [0, 0.05) is 12.1 Å². The molecule has 2 aromatic rings. The van der Waals surface area contributed by atoms with Gasteiger partial charge in [-0.1, -0.05) is 0 Å². The van der Waals surface area contributed by atoms with Crippen molar-refractivity contribution in [3.63, 3.8) is 0 Å². The van der Waals surface area contributed by atoms with Gasteiger partial charge < -0.3 is 14.4 Å². The number of nitrogens with zero attached hydrogens (tertiary/aromatic N) is 3. The molecule has 0 aliphatic carbocycles. The number of aliphatic hydroxyl groups excluding tert-OH is 1. The standard InChI is InChI=1S/C12H15BrClN3O2/c1-16(2)4-5-17-10(9(13)7-15-17)11(18)8-3-6-19-12(8)14/h3,6-7,11,18H,4-5H2,1-2H3. The SMILES string of the molecule is CN(C)CCn1ncc(Br)c1C(O)c1ccoc1Cl. The monoisotopic (exact) mass is 347 g/mol. The van der Waals surface area contributed by atoms with Crippen LogP contribution in [0.25, 0.3) is 0 Å². The van der Waals surface area contributed by atoms with Gasteiger partial charge >= 0.3 is 0 Å². The molecule has 0 saturated heterocycles. The van der Waals surface area contributed by atoms with Gasteiger partial charge in [0.15, 0.2) is 5.22 Å². The average Bonchev–Trinajstić information content (AvgIpc) is 2.92. The third kappa shape index (κ3) is 3.20. The number of hydrogen-bond donors (Lipinski definition) is 1. The lowest BCUT2D eigenvalue weighted by atomic mass is 10.1. The maximum Gasteiger partial charge on any atom is 0.199 e. The maximum absolute atomic E-state index is 10.4. The molecule has 5 nitrogen and oxygen atoms in total. The highest BCUT2D eigenvalue weighted by Crippen LogP contribution is 2.32. The second-order valence-electron chi connectivity index (χ2n) is 4.46. The summed E-state index contributed by atoms with van der Waals surface area (Å²) in [6.45, 7) is 1.51. The van der Waals surface area contributed by atoms with Crippen molar-refractivity contribution >= 4 is 27.5 Å². The van der Waals surface area contributed by atoms with Gasteiger partial charge in [-0.2, -0.15) is 5.10 Å². The fourth-order valence-corrected chi connectivity index (χ4v) is 2.49. The van der Waals surface area contributed by atoms with E-state index in [1.54, 1.807) is 16.9 Å². The van der Waals surface area contributed by atoms with E-state index < -0.39 is 6.10 Å². The molecule has 0 aliphatic heterocycles. The Kier molecular flexibility index (Phi) is 4.67. The largest absolute Gasteiger partial charge is 0.453 e. The molecule has 2 rings (SSSR count). The predicted molar refractivity (Wildman–Crippen MR) is 76.3 cm³/mol. The number of halogens is 2. The number of likely N-dealkylation sites (N-methyl/N-ethyl adjacent to an activating group) is 1. The summed E-state index contributed by atoms with van der Waals surface area (Å²) < 4.78 is 7.52. The summed E-state index contributed by atoms with van der Waals surface area (Å²) in [5.41, 5.74) is 1.21. The molecule has 0 amide bonds. The molecule has 0 radical (unpaired) electrons. The Hall–Kier alpha value is -0.820. The van der Waals surface area contributed by atoms with Crippen LogP contribution in [0.1, 0.15) is 17.4 Å². The van der Waals surface area contributed by atoms with Gasteiger partial charge in [-0.15, -0.1) is 0 Å². The van der Waals surface area contributed by atoms with E-state index in [0.717, 1.165) is 11.0 Å². The van der Waals surface area contributed by atoms with Gasteiger partial charge in [0.25, 0.3) is 0 Å². The molecule has 1 N–H and O–H groups in total. The van der Waals surface area contributed by atoms with Crippen LogP contribution in [0.2, 0.25) is 5.22 Å². The first-order chi connectivity index (χ1) is 9.00. The molecular weight excluding hydrogens is 334 g/mol. The zero-order valence-corrected chi connectivity index (χ0v) is 13.0. The van der Waals surface area contributed by atoms with Gasteiger partial charge in [-0.3, -0.25) is 4.68 Å². The van der Waals surface area contributed by atoms with Crippen LogP contribution in [0.5, 0.6) is 0 Å². The first-order valence-electron chi connectivity index (χ1n) is 5.77. The minimum Gasteiger partial charge on any atom is -0.453 e. The Bertz CT molecular complexity index is 553. The van der Waals surface area contributed by atoms with E-state index in [4.69, 9.17) is 16.0 Å². The first kappa shape index (κ1) is 14.6. The van der Waals surface area contributed by atoms with E-state index in [0.29, 0.717) is 17.8 Å². The van der Waals surface area contributed by atoms with Crippen molar-refractivity contribution < 1.29 is 9.52 Å². The van der Waals surface area contributed by atoms with Crippen LogP contribution in [-0.4, -0.2) is 40.4 Å². The molecule has 104 valence electrons. The smallest absolute Gasteiger partial charge is 0.199 e. The van der Waals surface area contributed by atoms with Crippen molar-refractivity contribution in [3.8, 4) is 0 Å². The molecule has 0 bridgehead atoms. The zero-order chi connectivity index (χ0) is 14.0. The highest BCUT2D eigenvalue weighted by atomic mass is 79.9. The Morgan fingerprint density at radius 3 is 2.89 bits per heavy atom. The van der Waals surface area contributed by atoms with Crippen LogP contribution in [0.3, 0.4) is 0 Å². The third-order valence-electron chi connectivity index (χ3n) is 2.79. The number of rotatable bonds is 5. The predicted octanol–water partition coefficient (Wildman–Crippen LogP) is 2.54. The van der Waals surface area contributed by atoms with Crippen LogP contribution in [-0.2, 0) is 6.54 Å². The molecule has 0 fully saturated rings. The molecule has 19 heavy (non-hydrogen) atoms. The molecule has 2 aromatic heterocycles. The third-order valence-corrected chi connectivity index (χ3v) is 3.71. The van der Waals surface area contributed by atoms with E-state index in [2.05, 4.69) is 25.9 Å². The molecule has 0 spiro atoms. The van der Waals surface area contributed by atoms with Gasteiger partial charge in [-0.05, 0) is 47.7 Å². The minimum absolute atomic E-state index is 0.194. The van der Waals surface area contributed by atoms with Crippen molar-refractivity contribution in [2.75, 3.05) is 20.6 Å². The molecule has 0 aromatic carbocycles. The van der Waals surface area contributed by atoms with Crippen LogP contribution in [0, 0.1) is 0 Å². The Labute approximate surface area is 124 Å². The highest BCUT2D eigenvalue weighted by molar-refractivity contribution is 9.10. The maximum atomic E-state index is 10.4. The van der Waals surface area contributed by atoms with Gasteiger partial charge in [0.2, 0.25) is 0 Å². The van der Waals surface area contributed by atoms with E-state index in [1.165, 1.54) is 6.26 Å². The fraction of sp³-hybridized carbons (Fsp3) is 0.417. The summed E-state index contributed by atoms with van der Waals surface area (Å²) in [6, 6.07) is 1.66. The Morgan fingerprint density at radius 1 is 1.58 bits per heavy atom. The van der Waals surface area contributed by atoms with Crippen molar-refractivity contribution in [1.82, 2.24) is 14.7 Å². The molecule has 7 heteroatoms. The Morgan fingerprint density at radius 2 is 2.32 bits per heavy atom. The average molecular weight is 349 g/mol. The number of hydrogen-bond acceptors (Lipinski definition) is 4. The highest BCUT2D eigenvalue weighted by Gasteiger charge is 2.23. The van der Waals surface area contributed by atoms with Gasteiger partial charge in [0.1, 0.15) is 6.10 Å². The molecule has 0 aliphatic rings. The van der Waals surface area contributed by atoms with E-state index in [9.17, 15) is 5.11 Å². The second kappa shape index (κ2) is 6.09. The van der Waals surface area contributed by atoms with Crippen molar-refractivity contribution in [2.45, 2.75) is 12.6 Å². The Balaban J connectivity index is 2.28. The van der Waals surface area contributed by atoms with Crippen LogP contribution < -0.4 is 0 Å². The van der Waals surface area contributed by atoms with Gasteiger partial charge in [0.05, 0.1) is 29.2 Å². The normalized spacial score (nSPS) is 13.2. The molecule has 0 saturated carbocycles. The fourth-order valence-electron chi connectivity index (χ4n) is 1.76. The van der Waals surface area contributed by atoms with Crippen LogP contribution >= 0.6 is 27.5 Å². The molecule has 2 heterocycles. The summed E-state index contributed by atoms with van der Waals surface area (Å²) in [5.74, 6) is 0. The number of furan rings is 1. The summed E-state index contributed by atoms with van der Waals surface area (Å²) in [7, 11) is 3.98. The van der Waals surface area contributed by atoms with Crippen LogP contribution in [0.15, 0.2) is 27.4 Å². The summed E-state index contributed by atoms with van der Waals surface area (Å²) in [4.78, 5) is 2.05. The van der Waals surface area contributed by atoms with Crippen molar-refractivity contribution in [2.24, 2.45) is 0 Å². The first-order valence-corrected chi connectivity index (χ1v) is 6.94. The number of aliphatic hydroxyl groups is 1. The molecule has 1 unspecified atom stereocenters. The minimum atomic E-state index is -0.870. The summed E-state index contributed by atoms with van der Waals surface area (Å²) >= 11 is 9.31. The lowest BCUT2D eigenvalue weighted by Crippen LogP contribution is -2.21. The molecular formula is C12H15BrClN3O2. The molecule has 1 atom stereocenters. The van der Waals surface area contributed by atoms with Crippen LogP contribution in [0.4, 0.5) is 0 Å².